The highest BCUT2D eigenvalue weighted by Gasteiger charge is 2.47. The van der Waals surface area contributed by atoms with Gasteiger partial charge in [-0.25, -0.2) is 0 Å². The lowest BCUT2D eigenvalue weighted by atomic mass is 9.91. The number of ketones is 1. The van der Waals surface area contributed by atoms with E-state index in [0.717, 1.165) is 29.7 Å². The van der Waals surface area contributed by atoms with Gasteiger partial charge in [0.1, 0.15) is 11.5 Å². The van der Waals surface area contributed by atoms with Gasteiger partial charge in [0.05, 0.1) is 24.8 Å². The van der Waals surface area contributed by atoms with Crippen molar-refractivity contribution < 1.29 is 24.2 Å². The van der Waals surface area contributed by atoms with E-state index in [1.165, 1.54) is 4.90 Å². The van der Waals surface area contributed by atoms with Gasteiger partial charge >= 0.3 is 0 Å². The molecule has 1 N–H and O–H groups in total. The predicted octanol–water partition coefficient (Wildman–Crippen LogP) is 5.38. The van der Waals surface area contributed by atoms with Crippen molar-refractivity contribution in [3.8, 4) is 5.75 Å². The fraction of sp³-hybridized carbons (Fsp3) is 0.407. The number of aliphatic hydroxyl groups is 1. The number of aryl methyl sites for hydroxylation is 1. The van der Waals surface area contributed by atoms with Gasteiger partial charge in [-0.3, -0.25) is 9.59 Å². The summed E-state index contributed by atoms with van der Waals surface area (Å²) in [6.45, 7) is 6.84. The van der Waals surface area contributed by atoms with E-state index >= 15 is 0 Å². The topological polar surface area (TPSA) is 76.1 Å². The number of carbonyl (C=O) groups excluding carboxylic acids is 2. The molecule has 0 saturated carbocycles. The maximum atomic E-state index is 13.3. The van der Waals surface area contributed by atoms with Gasteiger partial charge in [-0.05, 0) is 66.6 Å². The molecule has 2 aliphatic heterocycles. The number of methoxy groups -OCH3 is 1. The molecule has 6 nitrogen and oxygen atoms in total. The van der Waals surface area contributed by atoms with Gasteiger partial charge in [0.25, 0.3) is 11.7 Å². The molecule has 2 unspecified atom stereocenters. The van der Waals surface area contributed by atoms with E-state index < -0.39 is 17.7 Å². The molecule has 7 heteroatoms. The average Bonchev–Trinajstić information content (AvgIpc) is 3.41. The second-order valence-corrected chi connectivity index (χ2v) is 9.64. The van der Waals surface area contributed by atoms with Crippen LogP contribution in [0.3, 0.4) is 0 Å². The molecule has 2 heterocycles. The Morgan fingerprint density at radius 2 is 1.94 bits per heavy atom. The highest BCUT2D eigenvalue weighted by atomic mass is 35.5. The Labute approximate surface area is 205 Å². The number of carbonyl (C=O) groups is 2. The van der Waals surface area contributed by atoms with Gasteiger partial charge < -0.3 is 19.5 Å². The number of ether oxygens (including phenoxy) is 2. The van der Waals surface area contributed by atoms with Crippen molar-refractivity contribution in [2.75, 3.05) is 20.3 Å². The van der Waals surface area contributed by atoms with Crippen molar-refractivity contribution >= 4 is 29.1 Å². The summed E-state index contributed by atoms with van der Waals surface area (Å²) in [5.74, 6) is -0.660. The third kappa shape index (κ3) is 4.44. The Bertz CT molecular complexity index is 1130. The molecule has 0 spiro atoms. The molecule has 4 rings (SSSR count). The monoisotopic (exact) mass is 483 g/mol. The lowest BCUT2D eigenvalue weighted by molar-refractivity contribution is -0.140. The summed E-state index contributed by atoms with van der Waals surface area (Å²) in [4.78, 5) is 28.0. The first kappa shape index (κ1) is 24.3. The van der Waals surface area contributed by atoms with Crippen LogP contribution < -0.4 is 4.74 Å². The summed E-state index contributed by atoms with van der Waals surface area (Å²) < 4.78 is 11.3. The van der Waals surface area contributed by atoms with Crippen LogP contribution in [0.2, 0.25) is 5.02 Å². The van der Waals surface area contributed by atoms with Crippen molar-refractivity contribution in [3.05, 3.63) is 69.2 Å². The molecule has 1 amide bonds. The van der Waals surface area contributed by atoms with E-state index in [1.54, 1.807) is 31.4 Å². The number of aliphatic hydroxyl groups excluding tert-OH is 1. The van der Waals surface area contributed by atoms with E-state index in [4.69, 9.17) is 21.1 Å². The smallest absolute Gasteiger partial charge is 0.295 e. The summed E-state index contributed by atoms with van der Waals surface area (Å²) in [5, 5.41) is 12.1. The number of hydrogen-bond acceptors (Lipinski definition) is 5. The fourth-order valence-corrected chi connectivity index (χ4v) is 4.92. The van der Waals surface area contributed by atoms with Crippen LogP contribution in [0.25, 0.3) is 5.76 Å². The van der Waals surface area contributed by atoms with E-state index in [2.05, 4.69) is 0 Å². The summed E-state index contributed by atoms with van der Waals surface area (Å²) >= 11 is 6.10. The fourth-order valence-electron chi connectivity index (χ4n) is 4.79. The van der Waals surface area contributed by atoms with Crippen LogP contribution in [-0.4, -0.2) is 48.1 Å². The van der Waals surface area contributed by atoms with Gasteiger partial charge in [-0.2, -0.15) is 0 Å². The Kier molecular flexibility index (Phi) is 7.01. The molecule has 0 radical (unpaired) electrons. The molecule has 2 fully saturated rings. The van der Waals surface area contributed by atoms with Crippen LogP contribution in [-0.2, 0) is 14.3 Å². The largest absolute Gasteiger partial charge is 0.507 e. The van der Waals surface area contributed by atoms with Gasteiger partial charge in [0.15, 0.2) is 0 Å². The number of benzene rings is 2. The number of halogens is 1. The third-order valence-electron chi connectivity index (χ3n) is 6.60. The standard InChI is InChI=1S/C27H30ClNO5/c1-15(2)20-13-21(16(3)12-22(20)33-4)25(30)23-24(17-7-9-18(28)10-8-17)29(27(32)26(23)31)14-19-6-5-11-34-19/h7-10,12-13,15,19,24,30H,5-6,11,14H2,1-4H3/b25-23+. The van der Waals surface area contributed by atoms with Crippen LogP contribution in [0.1, 0.15) is 60.9 Å². The van der Waals surface area contributed by atoms with Gasteiger partial charge in [-0.15, -0.1) is 0 Å². The molecule has 180 valence electrons. The SMILES string of the molecule is COc1cc(C)c(/C(O)=C2\C(=O)C(=O)N(CC3CCCO3)C2c2ccc(Cl)cc2)cc1C(C)C. The van der Waals surface area contributed by atoms with Crippen molar-refractivity contribution in [1.29, 1.82) is 0 Å². The second-order valence-electron chi connectivity index (χ2n) is 9.20. The van der Waals surface area contributed by atoms with Crippen LogP contribution in [0.4, 0.5) is 0 Å². The molecule has 0 aromatic heterocycles. The lowest BCUT2D eigenvalue weighted by Gasteiger charge is -2.27. The number of nitrogens with zero attached hydrogens (tertiary/aromatic N) is 1. The van der Waals surface area contributed by atoms with Crippen molar-refractivity contribution in [2.24, 2.45) is 0 Å². The van der Waals surface area contributed by atoms with Crippen molar-refractivity contribution in [3.63, 3.8) is 0 Å². The van der Waals surface area contributed by atoms with E-state index in [-0.39, 0.29) is 29.9 Å². The first-order valence-electron chi connectivity index (χ1n) is 11.6. The maximum absolute atomic E-state index is 13.3. The molecule has 2 aromatic carbocycles. The normalized spacial score (nSPS) is 22.1. The van der Waals surface area contributed by atoms with Crippen molar-refractivity contribution in [1.82, 2.24) is 4.90 Å². The van der Waals surface area contributed by atoms with E-state index in [1.807, 2.05) is 32.9 Å². The molecular weight excluding hydrogens is 454 g/mol. The van der Waals surface area contributed by atoms with Crippen molar-refractivity contribution in [2.45, 2.75) is 51.7 Å². The minimum absolute atomic E-state index is 0.0771. The third-order valence-corrected chi connectivity index (χ3v) is 6.86. The number of amides is 1. The molecular formula is C27H30ClNO5. The van der Waals surface area contributed by atoms with E-state index in [9.17, 15) is 14.7 Å². The molecule has 2 aliphatic rings. The summed E-state index contributed by atoms with van der Waals surface area (Å²) in [7, 11) is 1.61. The van der Waals surface area contributed by atoms with Crippen LogP contribution in [0, 0.1) is 6.92 Å². The highest BCUT2D eigenvalue weighted by Crippen LogP contribution is 2.42. The first-order valence-corrected chi connectivity index (χ1v) is 11.9. The summed E-state index contributed by atoms with van der Waals surface area (Å²) in [6, 6.07) is 9.98. The zero-order chi connectivity index (χ0) is 24.6. The predicted molar refractivity (Wildman–Crippen MR) is 131 cm³/mol. The first-order chi connectivity index (χ1) is 16.2. The number of likely N-dealkylation sites (tertiary alicyclic amines) is 1. The minimum Gasteiger partial charge on any atom is -0.507 e. The maximum Gasteiger partial charge on any atom is 0.295 e. The number of rotatable bonds is 6. The average molecular weight is 484 g/mol. The zero-order valence-electron chi connectivity index (χ0n) is 19.9. The van der Waals surface area contributed by atoms with Crippen LogP contribution in [0.5, 0.6) is 5.75 Å². The summed E-state index contributed by atoms with van der Waals surface area (Å²) in [5.41, 5.74) is 2.95. The minimum atomic E-state index is -0.731. The molecule has 2 atom stereocenters. The van der Waals surface area contributed by atoms with Gasteiger partial charge in [-0.1, -0.05) is 37.6 Å². The quantitative estimate of drug-likeness (QED) is 0.339. The Morgan fingerprint density at radius 1 is 1.24 bits per heavy atom. The molecule has 0 aliphatic carbocycles. The Morgan fingerprint density at radius 3 is 2.53 bits per heavy atom. The number of Topliss-reactive ketones (excluding diaryl/α,β-unsaturated/α-hetero) is 1. The molecule has 0 bridgehead atoms. The van der Waals surface area contributed by atoms with Crippen LogP contribution >= 0.6 is 11.6 Å². The zero-order valence-corrected chi connectivity index (χ0v) is 20.7. The number of hydrogen-bond donors (Lipinski definition) is 1. The Balaban J connectivity index is 1.88. The lowest BCUT2D eigenvalue weighted by Crippen LogP contribution is -2.36. The van der Waals surface area contributed by atoms with Gasteiger partial charge in [0, 0.05) is 23.7 Å². The molecule has 2 saturated heterocycles. The molecule has 34 heavy (non-hydrogen) atoms. The Hall–Kier alpha value is -2.83. The second kappa shape index (κ2) is 9.80. The van der Waals surface area contributed by atoms with Crippen LogP contribution in [0.15, 0.2) is 42.0 Å². The van der Waals surface area contributed by atoms with E-state index in [0.29, 0.717) is 22.8 Å². The molecule has 2 aromatic rings. The summed E-state index contributed by atoms with van der Waals surface area (Å²) in [6.07, 6.45) is 1.61. The highest BCUT2D eigenvalue weighted by molar-refractivity contribution is 6.46. The van der Waals surface area contributed by atoms with Gasteiger partial charge in [0.2, 0.25) is 0 Å².